The summed E-state index contributed by atoms with van der Waals surface area (Å²) >= 11 is 7.51. The van der Waals surface area contributed by atoms with Gasteiger partial charge in [0.25, 0.3) is 5.91 Å². The predicted octanol–water partition coefficient (Wildman–Crippen LogP) is 2.97. The SMILES string of the molecule is CCNC(=O)NC(=O)COC(=O)CSc1cccc2cccc(Cl)c12. The van der Waals surface area contributed by atoms with Crippen molar-refractivity contribution in [1.82, 2.24) is 10.6 Å². The van der Waals surface area contributed by atoms with Crippen LogP contribution in [0.3, 0.4) is 0 Å². The van der Waals surface area contributed by atoms with Crippen molar-refractivity contribution in [1.29, 1.82) is 0 Å². The normalized spacial score (nSPS) is 10.3. The molecule has 132 valence electrons. The number of hydrogen-bond acceptors (Lipinski definition) is 5. The second-order valence-corrected chi connectivity index (χ2v) is 6.38. The Labute approximate surface area is 154 Å². The summed E-state index contributed by atoms with van der Waals surface area (Å²) in [4.78, 5) is 35.3. The van der Waals surface area contributed by atoms with E-state index < -0.39 is 24.5 Å². The third-order valence-corrected chi connectivity index (χ3v) is 4.46. The van der Waals surface area contributed by atoms with Gasteiger partial charge in [-0.2, -0.15) is 0 Å². The van der Waals surface area contributed by atoms with Crippen molar-refractivity contribution in [3.05, 3.63) is 41.4 Å². The minimum absolute atomic E-state index is 0.0266. The number of carbonyl (C=O) groups excluding carboxylic acids is 3. The number of esters is 1. The fourth-order valence-corrected chi connectivity index (χ4v) is 3.32. The summed E-state index contributed by atoms with van der Waals surface area (Å²) in [5.41, 5.74) is 0. The van der Waals surface area contributed by atoms with Gasteiger partial charge in [0.1, 0.15) is 0 Å². The highest BCUT2D eigenvalue weighted by Crippen LogP contribution is 2.33. The smallest absolute Gasteiger partial charge is 0.321 e. The van der Waals surface area contributed by atoms with Gasteiger partial charge in [-0.1, -0.05) is 35.9 Å². The lowest BCUT2D eigenvalue weighted by atomic mass is 10.1. The highest BCUT2D eigenvalue weighted by molar-refractivity contribution is 8.00. The lowest BCUT2D eigenvalue weighted by Crippen LogP contribution is -2.41. The zero-order valence-electron chi connectivity index (χ0n) is 13.5. The topological polar surface area (TPSA) is 84.5 Å². The average Bonchev–Trinajstić information content (AvgIpc) is 2.58. The van der Waals surface area contributed by atoms with Crippen LogP contribution in [0.25, 0.3) is 10.8 Å². The molecule has 0 unspecified atom stereocenters. The predicted molar refractivity (Wildman–Crippen MR) is 97.9 cm³/mol. The Morgan fingerprint density at radius 1 is 1.16 bits per heavy atom. The number of urea groups is 1. The van der Waals surface area contributed by atoms with Crippen LogP contribution in [0.2, 0.25) is 5.02 Å². The molecule has 0 saturated carbocycles. The van der Waals surface area contributed by atoms with Crippen LogP contribution in [0.4, 0.5) is 4.79 Å². The van der Waals surface area contributed by atoms with Gasteiger partial charge in [-0.15, -0.1) is 11.8 Å². The van der Waals surface area contributed by atoms with Gasteiger partial charge in [0, 0.05) is 21.8 Å². The number of thioether (sulfide) groups is 1. The summed E-state index contributed by atoms with van der Waals surface area (Å²) in [5, 5.41) is 6.92. The fourth-order valence-electron chi connectivity index (χ4n) is 2.07. The van der Waals surface area contributed by atoms with Crippen molar-refractivity contribution in [3.8, 4) is 0 Å². The highest BCUT2D eigenvalue weighted by atomic mass is 35.5. The van der Waals surface area contributed by atoms with E-state index >= 15 is 0 Å². The van der Waals surface area contributed by atoms with Crippen LogP contribution in [0, 0.1) is 0 Å². The maximum atomic E-state index is 11.8. The summed E-state index contributed by atoms with van der Waals surface area (Å²) in [6, 6.07) is 10.7. The molecule has 0 aromatic heterocycles. The summed E-state index contributed by atoms with van der Waals surface area (Å²) < 4.78 is 4.86. The zero-order chi connectivity index (χ0) is 18.2. The third-order valence-electron chi connectivity index (χ3n) is 3.12. The van der Waals surface area contributed by atoms with Crippen LogP contribution in [-0.2, 0) is 14.3 Å². The van der Waals surface area contributed by atoms with Crippen LogP contribution in [0.15, 0.2) is 41.3 Å². The Morgan fingerprint density at radius 3 is 2.60 bits per heavy atom. The molecule has 0 saturated heterocycles. The number of ether oxygens (including phenoxy) is 1. The molecule has 2 N–H and O–H groups in total. The number of imide groups is 1. The molecule has 0 aliphatic heterocycles. The van der Waals surface area contributed by atoms with Crippen molar-refractivity contribution < 1.29 is 19.1 Å². The van der Waals surface area contributed by atoms with E-state index in [1.165, 1.54) is 11.8 Å². The fraction of sp³-hybridized carbons (Fsp3) is 0.235. The molecule has 0 heterocycles. The van der Waals surface area contributed by atoms with Crippen LogP contribution in [-0.4, -0.2) is 36.8 Å². The first-order valence-corrected chi connectivity index (χ1v) is 8.91. The van der Waals surface area contributed by atoms with Gasteiger partial charge in [-0.25, -0.2) is 4.79 Å². The molecule has 0 radical (unpaired) electrons. The Morgan fingerprint density at radius 2 is 1.88 bits per heavy atom. The van der Waals surface area contributed by atoms with Crippen molar-refractivity contribution in [2.24, 2.45) is 0 Å². The molecule has 8 heteroatoms. The first-order valence-electron chi connectivity index (χ1n) is 7.54. The molecule has 3 amide bonds. The van der Waals surface area contributed by atoms with Gasteiger partial charge in [0.15, 0.2) is 6.61 Å². The average molecular weight is 381 g/mol. The monoisotopic (exact) mass is 380 g/mol. The lowest BCUT2D eigenvalue weighted by molar-refractivity contribution is -0.145. The van der Waals surface area contributed by atoms with Gasteiger partial charge < -0.3 is 10.1 Å². The molecule has 0 aliphatic carbocycles. The Hall–Kier alpha value is -2.25. The Bertz CT molecular complexity index is 792. The number of rotatable bonds is 6. The minimum atomic E-state index is -0.683. The molecule has 2 rings (SSSR count). The molecule has 0 spiro atoms. The van der Waals surface area contributed by atoms with Crippen molar-refractivity contribution in [2.45, 2.75) is 11.8 Å². The molecule has 2 aromatic rings. The van der Waals surface area contributed by atoms with Crippen LogP contribution in [0.1, 0.15) is 6.92 Å². The molecule has 0 atom stereocenters. The maximum absolute atomic E-state index is 11.8. The van der Waals surface area contributed by atoms with E-state index in [-0.39, 0.29) is 5.75 Å². The number of fused-ring (bicyclic) bond motifs is 1. The quantitative estimate of drug-likeness (QED) is 0.594. The molecule has 6 nitrogen and oxygen atoms in total. The summed E-state index contributed by atoms with van der Waals surface area (Å²) in [5.74, 6) is -1.21. The zero-order valence-corrected chi connectivity index (χ0v) is 15.1. The van der Waals surface area contributed by atoms with E-state index in [0.717, 1.165) is 15.7 Å². The molecule has 2 aromatic carbocycles. The second kappa shape index (κ2) is 9.29. The van der Waals surface area contributed by atoms with Gasteiger partial charge >= 0.3 is 12.0 Å². The largest absolute Gasteiger partial charge is 0.455 e. The van der Waals surface area contributed by atoms with Gasteiger partial charge in [-0.3, -0.25) is 14.9 Å². The van der Waals surface area contributed by atoms with Gasteiger partial charge in [-0.05, 0) is 24.4 Å². The van der Waals surface area contributed by atoms with Crippen LogP contribution >= 0.6 is 23.4 Å². The summed E-state index contributed by atoms with van der Waals surface area (Å²) in [7, 11) is 0. The van der Waals surface area contributed by atoms with Crippen LogP contribution < -0.4 is 10.6 Å². The number of amides is 3. The van der Waals surface area contributed by atoms with E-state index in [2.05, 4.69) is 10.6 Å². The molecular weight excluding hydrogens is 364 g/mol. The van der Waals surface area contributed by atoms with Gasteiger partial charge in [0.2, 0.25) is 0 Å². The van der Waals surface area contributed by atoms with Crippen molar-refractivity contribution in [2.75, 3.05) is 18.9 Å². The number of benzene rings is 2. The van der Waals surface area contributed by atoms with E-state index in [1.54, 1.807) is 13.0 Å². The van der Waals surface area contributed by atoms with E-state index in [9.17, 15) is 14.4 Å². The Kier molecular flexibility index (Phi) is 7.09. The van der Waals surface area contributed by atoms with E-state index in [4.69, 9.17) is 16.3 Å². The molecular formula is C17H17ClN2O4S. The number of nitrogens with one attached hydrogen (secondary N) is 2. The minimum Gasteiger partial charge on any atom is -0.455 e. The van der Waals surface area contributed by atoms with Crippen molar-refractivity contribution >= 4 is 52.0 Å². The highest BCUT2D eigenvalue weighted by Gasteiger charge is 2.12. The summed E-state index contributed by atoms with van der Waals surface area (Å²) in [6.45, 7) is 1.61. The number of carbonyl (C=O) groups is 3. The first-order chi connectivity index (χ1) is 12.0. The van der Waals surface area contributed by atoms with E-state index in [0.29, 0.717) is 11.6 Å². The third kappa shape index (κ3) is 5.65. The standard InChI is InChI=1S/C17H17ClN2O4S/c1-2-19-17(23)20-14(21)9-24-15(22)10-25-13-8-4-6-11-5-3-7-12(18)16(11)13/h3-8H,2,9-10H2,1H3,(H2,19,20,21,23). The Balaban J connectivity index is 1.87. The lowest BCUT2D eigenvalue weighted by Gasteiger charge is -2.08. The van der Waals surface area contributed by atoms with Gasteiger partial charge in [0.05, 0.1) is 5.75 Å². The van der Waals surface area contributed by atoms with E-state index in [1.807, 2.05) is 30.3 Å². The maximum Gasteiger partial charge on any atom is 0.321 e. The molecule has 0 fully saturated rings. The van der Waals surface area contributed by atoms with Crippen LogP contribution in [0.5, 0.6) is 0 Å². The second-order valence-electron chi connectivity index (χ2n) is 4.95. The van der Waals surface area contributed by atoms with Crippen molar-refractivity contribution in [3.63, 3.8) is 0 Å². The first kappa shape index (κ1) is 19.1. The molecule has 25 heavy (non-hydrogen) atoms. The molecule has 0 aliphatic rings. The number of hydrogen-bond donors (Lipinski definition) is 2. The number of halogens is 1. The summed E-state index contributed by atoms with van der Waals surface area (Å²) in [6.07, 6.45) is 0. The molecule has 0 bridgehead atoms.